The van der Waals surface area contributed by atoms with E-state index in [2.05, 4.69) is 9.88 Å². The predicted molar refractivity (Wildman–Crippen MR) is 70.3 cm³/mol. The Morgan fingerprint density at radius 3 is 2.82 bits per heavy atom. The summed E-state index contributed by atoms with van der Waals surface area (Å²) >= 11 is 1.61. The molecule has 0 aliphatic carbocycles. The van der Waals surface area contributed by atoms with Crippen molar-refractivity contribution in [3.63, 3.8) is 0 Å². The maximum atomic E-state index is 5.79. The summed E-state index contributed by atoms with van der Waals surface area (Å²) in [5.41, 5.74) is 6.73. The fourth-order valence-electron chi connectivity index (χ4n) is 1.53. The van der Waals surface area contributed by atoms with E-state index in [0.717, 1.165) is 28.9 Å². The summed E-state index contributed by atoms with van der Waals surface area (Å²) in [6.45, 7) is 4.61. The highest BCUT2D eigenvalue weighted by Crippen LogP contribution is 2.23. The first-order valence-electron chi connectivity index (χ1n) is 5.53. The summed E-state index contributed by atoms with van der Waals surface area (Å²) in [7, 11) is 2.00. The number of nitrogens with two attached hydrogens (primary N) is 1. The van der Waals surface area contributed by atoms with Gasteiger partial charge in [-0.2, -0.15) is 0 Å². The summed E-state index contributed by atoms with van der Waals surface area (Å²) in [5.74, 6) is 1.88. The number of hydrogen-bond acceptors (Lipinski definition) is 5. The van der Waals surface area contributed by atoms with Gasteiger partial charge in [-0.25, -0.2) is 4.98 Å². The lowest BCUT2D eigenvalue weighted by molar-refractivity contribution is 0.481. The van der Waals surface area contributed by atoms with Crippen LogP contribution in [0.4, 0.5) is 5.13 Å². The van der Waals surface area contributed by atoms with Crippen LogP contribution in [0.3, 0.4) is 0 Å². The molecule has 1 atom stereocenters. The molecule has 0 amide bonds. The molecule has 2 rings (SSSR count). The van der Waals surface area contributed by atoms with Crippen LogP contribution in [0, 0.1) is 6.92 Å². The Bertz CT molecular complexity index is 489. The molecule has 0 radical (unpaired) electrons. The van der Waals surface area contributed by atoms with Crippen molar-refractivity contribution >= 4 is 16.5 Å². The minimum absolute atomic E-state index is 0.0146. The molecular weight excluding hydrogens is 234 g/mol. The number of anilines is 1. The fraction of sp³-hybridized carbons (Fsp3) is 0.417. The monoisotopic (exact) mass is 251 g/mol. The lowest BCUT2D eigenvalue weighted by Crippen LogP contribution is -2.16. The Balaban J connectivity index is 2.06. The van der Waals surface area contributed by atoms with Gasteiger partial charge in [0.25, 0.3) is 0 Å². The third-order valence-electron chi connectivity index (χ3n) is 2.49. The SMILES string of the molecule is Cc1ccc(CN(C)c2nc(C(C)N)cs2)o1. The van der Waals surface area contributed by atoms with Crippen LogP contribution < -0.4 is 10.6 Å². The number of hydrogen-bond donors (Lipinski definition) is 1. The quantitative estimate of drug-likeness (QED) is 0.907. The molecule has 0 bridgehead atoms. The fourth-order valence-corrected chi connectivity index (χ4v) is 2.43. The largest absolute Gasteiger partial charge is 0.464 e. The van der Waals surface area contributed by atoms with Crippen molar-refractivity contribution in [3.05, 3.63) is 34.7 Å². The predicted octanol–water partition coefficient (Wildman–Crippen LogP) is 2.70. The van der Waals surface area contributed by atoms with Gasteiger partial charge in [-0.05, 0) is 26.0 Å². The summed E-state index contributed by atoms with van der Waals surface area (Å²) in [4.78, 5) is 6.55. The molecule has 4 nitrogen and oxygen atoms in total. The lowest BCUT2D eigenvalue weighted by Gasteiger charge is -2.13. The summed E-state index contributed by atoms with van der Waals surface area (Å²) in [6.07, 6.45) is 0. The first kappa shape index (κ1) is 12.1. The second-order valence-corrected chi connectivity index (χ2v) is 5.05. The normalized spacial score (nSPS) is 12.7. The third kappa shape index (κ3) is 2.87. The van der Waals surface area contributed by atoms with Gasteiger partial charge in [-0.1, -0.05) is 0 Å². The average Bonchev–Trinajstić information content (AvgIpc) is 2.86. The number of nitrogens with zero attached hydrogens (tertiary/aromatic N) is 2. The lowest BCUT2D eigenvalue weighted by atomic mass is 10.3. The van der Waals surface area contributed by atoms with Crippen molar-refractivity contribution in [3.8, 4) is 0 Å². The van der Waals surface area contributed by atoms with Gasteiger partial charge in [0.2, 0.25) is 0 Å². The Labute approximate surface area is 105 Å². The molecular formula is C12H17N3OS. The van der Waals surface area contributed by atoms with Gasteiger partial charge in [-0.3, -0.25) is 0 Å². The number of aryl methyl sites for hydroxylation is 1. The third-order valence-corrected chi connectivity index (χ3v) is 3.47. The molecule has 2 N–H and O–H groups in total. The van der Waals surface area contributed by atoms with Crippen LogP contribution in [0.15, 0.2) is 21.9 Å². The smallest absolute Gasteiger partial charge is 0.185 e. The van der Waals surface area contributed by atoms with Gasteiger partial charge in [0.1, 0.15) is 11.5 Å². The van der Waals surface area contributed by atoms with Gasteiger partial charge in [0, 0.05) is 18.5 Å². The molecule has 92 valence electrons. The van der Waals surface area contributed by atoms with Gasteiger partial charge >= 0.3 is 0 Å². The highest BCUT2D eigenvalue weighted by atomic mass is 32.1. The van der Waals surface area contributed by atoms with Crippen molar-refractivity contribution in [2.75, 3.05) is 11.9 Å². The van der Waals surface area contributed by atoms with Crippen LogP contribution >= 0.6 is 11.3 Å². The first-order valence-corrected chi connectivity index (χ1v) is 6.41. The van der Waals surface area contributed by atoms with Gasteiger partial charge in [0.05, 0.1) is 12.2 Å². The van der Waals surface area contributed by atoms with E-state index in [1.54, 1.807) is 11.3 Å². The van der Waals surface area contributed by atoms with E-state index in [0.29, 0.717) is 0 Å². The molecule has 0 aromatic carbocycles. The van der Waals surface area contributed by atoms with E-state index < -0.39 is 0 Å². The van der Waals surface area contributed by atoms with E-state index in [9.17, 15) is 0 Å². The molecule has 0 aliphatic heterocycles. The molecule has 17 heavy (non-hydrogen) atoms. The maximum Gasteiger partial charge on any atom is 0.185 e. The molecule has 2 heterocycles. The van der Waals surface area contributed by atoms with E-state index in [4.69, 9.17) is 10.2 Å². The van der Waals surface area contributed by atoms with Crippen LogP contribution in [-0.4, -0.2) is 12.0 Å². The van der Waals surface area contributed by atoms with Gasteiger partial charge < -0.3 is 15.1 Å². The van der Waals surface area contributed by atoms with Crippen molar-refractivity contribution in [2.45, 2.75) is 26.4 Å². The molecule has 5 heteroatoms. The molecule has 0 fully saturated rings. The number of furan rings is 1. The standard InChI is InChI=1S/C12H17N3OS/c1-8-4-5-10(16-8)6-15(3)12-14-11(7-17-12)9(2)13/h4-5,7,9H,6,13H2,1-3H3. The van der Waals surface area contributed by atoms with E-state index in [1.165, 1.54) is 0 Å². The molecule has 2 aromatic heterocycles. The molecule has 2 aromatic rings. The Hall–Kier alpha value is -1.33. The number of rotatable bonds is 4. The topological polar surface area (TPSA) is 55.3 Å². The summed E-state index contributed by atoms with van der Waals surface area (Å²) < 4.78 is 5.54. The minimum Gasteiger partial charge on any atom is -0.464 e. The summed E-state index contributed by atoms with van der Waals surface area (Å²) in [5, 5.41) is 2.97. The first-order chi connectivity index (χ1) is 8.06. The second-order valence-electron chi connectivity index (χ2n) is 4.21. The second kappa shape index (κ2) is 4.89. The van der Waals surface area contributed by atoms with Crippen molar-refractivity contribution in [1.82, 2.24) is 4.98 Å². The van der Waals surface area contributed by atoms with E-state index in [1.807, 2.05) is 38.4 Å². The number of thiazole rings is 1. The van der Waals surface area contributed by atoms with Gasteiger partial charge in [-0.15, -0.1) is 11.3 Å². The van der Waals surface area contributed by atoms with Crippen molar-refractivity contribution < 1.29 is 4.42 Å². The molecule has 0 spiro atoms. The highest BCUT2D eigenvalue weighted by Gasteiger charge is 2.11. The zero-order chi connectivity index (χ0) is 12.4. The van der Waals surface area contributed by atoms with Crippen molar-refractivity contribution in [1.29, 1.82) is 0 Å². The average molecular weight is 251 g/mol. The van der Waals surface area contributed by atoms with Crippen LogP contribution in [0.2, 0.25) is 0 Å². The Kier molecular flexibility index (Phi) is 3.49. The summed E-state index contributed by atoms with van der Waals surface area (Å²) in [6, 6.07) is 3.95. The molecule has 0 saturated carbocycles. The highest BCUT2D eigenvalue weighted by molar-refractivity contribution is 7.13. The number of aromatic nitrogens is 1. The van der Waals surface area contributed by atoms with Crippen LogP contribution in [0.1, 0.15) is 30.2 Å². The van der Waals surface area contributed by atoms with Gasteiger partial charge in [0.15, 0.2) is 5.13 Å². The van der Waals surface area contributed by atoms with Crippen molar-refractivity contribution in [2.24, 2.45) is 5.73 Å². The zero-order valence-electron chi connectivity index (χ0n) is 10.3. The van der Waals surface area contributed by atoms with E-state index >= 15 is 0 Å². The minimum atomic E-state index is -0.0146. The molecule has 0 saturated heterocycles. The van der Waals surface area contributed by atoms with E-state index in [-0.39, 0.29) is 6.04 Å². The maximum absolute atomic E-state index is 5.79. The Morgan fingerprint density at radius 1 is 1.53 bits per heavy atom. The zero-order valence-corrected chi connectivity index (χ0v) is 11.1. The molecule has 1 unspecified atom stereocenters. The van der Waals surface area contributed by atoms with Crippen LogP contribution in [0.25, 0.3) is 0 Å². The van der Waals surface area contributed by atoms with Crippen LogP contribution in [-0.2, 0) is 6.54 Å². The Morgan fingerprint density at radius 2 is 2.29 bits per heavy atom. The molecule has 0 aliphatic rings. The van der Waals surface area contributed by atoms with Crippen LogP contribution in [0.5, 0.6) is 0 Å².